The third-order valence-corrected chi connectivity index (χ3v) is 3.95. The normalized spacial score (nSPS) is 10.8. The molecule has 0 aliphatic carbocycles. The van der Waals surface area contributed by atoms with Gasteiger partial charge in [0.1, 0.15) is 0 Å². The molecule has 2 heteroatoms. The maximum Gasteiger partial charge on any atom is 0.193 e. The Morgan fingerprint density at radius 2 is 1.67 bits per heavy atom. The predicted octanol–water partition coefficient (Wildman–Crippen LogP) is 4.39. The van der Waals surface area contributed by atoms with Gasteiger partial charge in [0, 0.05) is 22.7 Å². The SMILES string of the molecule is Cc1cc(C)c(C(=O)c2ccc3ncccc3c2)cc1C. The second-order valence-electron chi connectivity index (χ2n) is 5.49. The van der Waals surface area contributed by atoms with E-state index < -0.39 is 0 Å². The molecule has 0 N–H and O–H groups in total. The van der Waals surface area contributed by atoms with Crippen LogP contribution in [0.1, 0.15) is 32.6 Å². The van der Waals surface area contributed by atoms with Gasteiger partial charge in [-0.3, -0.25) is 9.78 Å². The Hall–Kier alpha value is -2.48. The number of hydrogen-bond donors (Lipinski definition) is 0. The van der Waals surface area contributed by atoms with Crippen LogP contribution in [0.15, 0.2) is 48.7 Å². The largest absolute Gasteiger partial charge is 0.289 e. The van der Waals surface area contributed by atoms with Crippen molar-refractivity contribution in [1.29, 1.82) is 0 Å². The zero-order valence-electron chi connectivity index (χ0n) is 12.5. The van der Waals surface area contributed by atoms with E-state index in [1.54, 1.807) is 6.20 Å². The lowest BCUT2D eigenvalue weighted by molar-refractivity contribution is 0.103. The van der Waals surface area contributed by atoms with Crippen molar-refractivity contribution in [2.75, 3.05) is 0 Å². The molecule has 1 aromatic heterocycles. The number of ketones is 1. The van der Waals surface area contributed by atoms with Gasteiger partial charge in [-0.2, -0.15) is 0 Å². The number of pyridine rings is 1. The number of fused-ring (bicyclic) bond motifs is 1. The molecule has 2 nitrogen and oxygen atoms in total. The monoisotopic (exact) mass is 275 g/mol. The van der Waals surface area contributed by atoms with Crippen LogP contribution in [0.25, 0.3) is 10.9 Å². The van der Waals surface area contributed by atoms with E-state index in [1.807, 2.05) is 50.2 Å². The van der Waals surface area contributed by atoms with Crippen molar-refractivity contribution in [2.45, 2.75) is 20.8 Å². The second-order valence-corrected chi connectivity index (χ2v) is 5.49. The third-order valence-electron chi connectivity index (χ3n) is 3.95. The lowest BCUT2D eigenvalue weighted by atomic mass is 9.94. The number of benzene rings is 2. The molecule has 3 rings (SSSR count). The fraction of sp³-hybridized carbons (Fsp3) is 0.158. The fourth-order valence-corrected chi connectivity index (χ4v) is 2.58. The summed E-state index contributed by atoms with van der Waals surface area (Å²) in [5.74, 6) is 0.0707. The van der Waals surface area contributed by atoms with Gasteiger partial charge in [-0.15, -0.1) is 0 Å². The summed E-state index contributed by atoms with van der Waals surface area (Å²) in [5, 5.41) is 0.991. The highest BCUT2D eigenvalue weighted by Gasteiger charge is 2.13. The Balaban J connectivity index is 2.10. The molecular formula is C19H17NO. The zero-order valence-corrected chi connectivity index (χ0v) is 12.5. The molecule has 21 heavy (non-hydrogen) atoms. The van der Waals surface area contributed by atoms with Crippen molar-refractivity contribution in [2.24, 2.45) is 0 Å². The van der Waals surface area contributed by atoms with E-state index in [0.29, 0.717) is 5.56 Å². The number of rotatable bonds is 2. The van der Waals surface area contributed by atoms with Crippen molar-refractivity contribution >= 4 is 16.7 Å². The van der Waals surface area contributed by atoms with E-state index in [0.717, 1.165) is 27.6 Å². The van der Waals surface area contributed by atoms with E-state index in [2.05, 4.69) is 18.0 Å². The molecule has 1 heterocycles. The minimum absolute atomic E-state index is 0.0707. The van der Waals surface area contributed by atoms with Gasteiger partial charge in [0.25, 0.3) is 0 Å². The van der Waals surface area contributed by atoms with Crippen LogP contribution < -0.4 is 0 Å². The molecule has 0 fully saturated rings. The van der Waals surface area contributed by atoms with Crippen LogP contribution in [0.2, 0.25) is 0 Å². The molecule has 2 aromatic carbocycles. The first-order chi connectivity index (χ1) is 10.1. The quantitative estimate of drug-likeness (QED) is 0.649. The lowest BCUT2D eigenvalue weighted by Crippen LogP contribution is -2.05. The number of carbonyl (C=O) groups excluding carboxylic acids is 1. The fourth-order valence-electron chi connectivity index (χ4n) is 2.58. The minimum atomic E-state index is 0.0707. The van der Waals surface area contributed by atoms with Crippen LogP contribution in [0, 0.1) is 20.8 Å². The summed E-state index contributed by atoms with van der Waals surface area (Å²) in [6.07, 6.45) is 1.76. The van der Waals surface area contributed by atoms with Crippen molar-refractivity contribution in [3.8, 4) is 0 Å². The Morgan fingerprint density at radius 1 is 0.905 bits per heavy atom. The summed E-state index contributed by atoms with van der Waals surface area (Å²) in [7, 11) is 0. The molecule has 0 spiro atoms. The first-order valence-electron chi connectivity index (χ1n) is 7.03. The summed E-state index contributed by atoms with van der Waals surface area (Å²) in [5.41, 5.74) is 5.78. The van der Waals surface area contributed by atoms with Crippen LogP contribution >= 0.6 is 0 Å². The van der Waals surface area contributed by atoms with Crippen molar-refractivity contribution in [3.05, 3.63) is 76.5 Å². The van der Waals surface area contributed by atoms with E-state index in [4.69, 9.17) is 0 Å². The number of hydrogen-bond acceptors (Lipinski definition) is 2. The number of aryl methyl sites for hydroxylation is 3. The van der Waals surface area contributed by atoms with Crippen molar-refractivity contribution in [1.82, 2.24) is 4.98 Å². The summed E-state index contributed by atoms with van der Waals surface area (Å²) in [6.45, 7) is 6.09. The molecule has 0 atom stereocenters. The highest BCUT2D eigenvalue weighted by atomic mass is 16.1. The average Bonchev–Trinajstić information content (AvgIpc) is 2.50. The van der Waals surface area contributed by atoms with Crippen LogP contribution in [0.5, 0.6) is 0 Å². The average molecular weight is 275 g/mol. The van der Waals surface area contributed by atoms with Gasteiger partial charge in [-0.05, 0) is 67.8 Å². The molecule has 0 saturated carbocycles. The number of aromatic nitrogens is 1. The van der Waals surface area contributed by atoms with Gasteiger partial charge in [0.2, 0.25) is 0 Å². The maximum absolute atomic E-state index is 12.8. The molecule has 0 aliphatic heterocycles. The third kappa shape index (κ3) is 2.45. The van der Waals surface area contributed by atoms with Gasteiger partial charge in [-0.1, -0.05) is 12.1 Å². The Morgan fingerprint density at radius 3 is 2.48 bits per heavy atom. The van der Waals surface area contributed by atoms with E-state index in [1.165, 1.54) is 5.56 Å². The Labute approximate surface area is 124 Å². The molecule has 0 saturated heterocycles. The molecule has 0 radical (unpaired) electrons. The second kappa shape index (κ2) is 5.13. The smallest absolute Gasteiger partial charge is 0.193 e. The molecule has 0 amide bonds. The van der Waals surface area contributed by atoms with Gasteiger partial charge >= 0.3 is 0 Å². The standard InChI is InChI=1S/C19H17NO/c1-12-9-14(3)17(10-13(12)2)19(21)16-6-7-18-15(11-16)5-4-8-20-18/h4-11H,1-3H3. The molecule has 0 aliphatic rings. The van der Waals surface area contributed by atoms with Gasteiger partial charge in [0.05, 0.1) is 5.52 Å². The first-order valence-corrected chi connectivity index (χ1v) is 7.03. The number of nitrogens with zero attached hydrogens (tertiary/aromatic N) is 1. The van der Waals surface area contributed by atoms with Crippen LogP contribution in [0.3, 0.4) is 0 Å². The topological polar surface area (TPSA) is 30.0 Å². The van der Waals surface area contributed by atoms with Crippen LogP contribution in [-0.2, 0) is 0 Å². The predicted molar refractivity (Wildman–Crippen MR) is 85.8 cm³/mol. The molecule has 104 valence electrons. The Kier molecular flexibility index (Phi) is 3.30. The zero-order chi connectivity index (χ0) is 15.0. The number of carbonyl (C=O) groups is 1. The van der Waals surface area contributed by atoms with Crippen molar-refractivity contribution < 1.29 is 4.79 Å². The van der Waals surface area contributed by atoms with E-state index in [9.17, 15) is 4.79 Å². The van der Waals surface area contributed by atoms with Gasteiger partial charge < -0.3 is 0 Å². The molecule has 0 bridgehead atoms. The van der Waals surface area contributed by atoms with Crippen LogP contribution in [0.4, 0.5) is 0 Å². The molecule has 0 unspecified atom stereocenters. The van der Waals surface area contributed by atoms with Gasteiger partial charge in [-0.25, -0.2) is 0 Å². The molecular weight excluding hydrogens is 258 g/mol. The highest BCUT2D eigenvalue weighted by molar-refractivity contribution is 6.11. The highest BCUT2D eigenvalue weighted by Crippen LogP contribution is 2.21. The summed E-state index contributed by atoms with van der Waals surface area (Å²) in [6, 6.07) is 13.6. The summed E-state index contributed by atoms with van der Waals surface area (Å²) in [4.78, 5) is 17.0. The van der Waals surface area contributed by atoms with E-state index in [-0.39, 0.29) is 5.78 Å². The first kappa shape index (κ1) is 13.5. The van der Waals surface area contributed by atoms with Crippen LogP contribution in [-0.4, -0.2) is 10.8 Å². The summed E-state index contributed by atoms with van der Waals surface area (Å²) < 4.78 is 0. The minimum Gasteiger partial charge on any atom is -0.289 e. The lowest BCUT2D eigenvalue weighted by Gasteiger charge is -2.09. The molecule has 3 aromatic rings. The van der Waals surface area contributed by atoms with Crippen molar-refractivity contribution in [3.63, 3.8) is 0 Å². The van der Waals surface area contributed by atoms with E-state index >= 15 is 0 Å². The van der Waals surface area contributed by atoms with Gasteiger partial charge in [0.15, 0.2) is 5.78 Å². The maximum atomic E-state index is 12.8. The Bertz CT molecular complexity index is 849. The summed E-state index contributed by atoms with van der Waals surface area (Å²) >= 11 is 0.